The third-order valence-electron chi connectivity index (χ3n) is 5.39. The molecule has 28 heavy (non-hydrogen) atoms. The first kappa shape index (κ1) is 18.5. The molecule has 1 aromatic carbocycles. The van der Waals surface area contributed by atoms with Gasteiger partial charge in [-0.25, -0.2) is 9.97 Å². The summed E-state index contributed by atoms with van der Waals surface area (Å²) in [4.78, 5) is 14.0. The number of nitrogens with one attached hydrogen (secondary N) is 1. The van der Waals surface area contributed by atoms with Gasteiger partial charge in [0.25, 0.3) is 0 Å². The summed E-state index contributed by atoms with van der Waals surface area (Å²) in [6, 6.07) is 12.2. The molecule has 3 N–H and O–H groups in total. The summed E-state index contributed by atoms with van der Waals surface area (Å²) in [5.41, 5.74) is 5.83. The summed E-state index contributed by atoms with van der Waals surface area (Å²) >= 11 is 0. The van der Waals surface area contributed by atoms with Crippen LogP contribution in [0.4, 0.5) is 0 Å². The van der Waals surface area contributed by atoms with E-state index in [0.29, 0.717) is 17.8 Å². The Bertz CT molecular complexity index is 965. The zero-order valence-corrected chi connectivity index (χ0v) is 16.0. The van der Waals surface area contributed by atoms with Crippen molar-refractivity contribution >= 4 is 23.1 Å². The Balaban J connectivity index is 1.73. The largest absolute Gasteiger partial charge is 0.497 e. The highest BCUT2D eigenvalue weighted by Gasteiger charge is 2.25. The lowest BCUT2D eigenvalue weighted by atomic mass is 9.83. The van der Waals surface area contributed by atoms with E-state index in [-0.39, 0.29) is 0 Å². The lowest BCUT2D eigenvalue weighted by Crippen LogP contribution is -2.37. The zero-order chi connectivity index (χ0) is 19.3. The Morgan fingerprint density at radius 1 is 1.07 bits per heavy atom. The van der Waals surface area contributed by atoms with Gasteiger partial charge in [0, 0.05) is 23.5 Å². The number of ether oxygens (including phenoxy) is 1. The minimum atomic E-state index is 0.391. The number of nitrogens with zero attached hydrogens (tertiary/aromatic N) is 3. The van der Waals surface area contributed by atoms with E-state index < -0.39 is 0 Å². The number of hydrazine groups is 1. The number of rotatable bonds is 5. The van der Waals surface area contributed by atoms with Crippen LogP contribution in [0.25, 0.3) is 23.1 Å². The molecule has 6 nitrogen and oxygen atoms in total. The van der Waals surface area contributed by atoms with Gasteiger partial charge in [-0.15, -0.1) is 0 Å². The van der Waals surface area contributed by atoms with E-state index in [9.17, 15) is 0 Å². The predicted octanol–water partition coefficient (Wildman–Crippen LogP) is 3.69. The molecule has 0 radical (unpaired) electrons. The first-order valence-corrected chi connectivity index (χ1v) is 9.68. The molecule has 0 saturated heterocycles. The van der Waals surface area contributed by atoms with Gasteiger partial charge < -0.3 is 4.74 Å². The lowest BCUT2D eigenvalue weighted by Gasteiger charge is -2.28. The van der Waals surface area contributed by atoms with Gasteiger partial charge in [-0.05, 0) is 68.2 Å². The van der Waals surface area contributed by atoms with Crippen molar-refractivity contribution in [1.82, 2.24) is 20.4 Å². The Labute approximate surface area is 164 Å². The van der Waals surface area contributed by atoms with Gasteiger partial charge in [-0.1, -0.05) is 6.07 Å². The summed E-state index contributed by atoms with van der Waals surface area (Å²) < 4.78 is 5.43. The molecule has 2 heterocycles. The van der Waals surface area contributed by atoms with Crippen LogP contribution in [0.3, 0.4) is 0 Å². The lowest BCUT2D eigenvalue weighted by molar-refractivity contribution is 0.344. The standard InChI is InChI=1S/C22H25N5O/c1-28-18-10-11-20-19(14-18)22(15-5-7-17(27-23)8-6-15)26-21(25-20)12-9-16-4-2-3-13-24-16/h2-4,9-15,17,27H,5-8,23H2,1H3. The molecular formula is C22H25N5O. The molecular weight excluding hydrogens is 350 g/mol. The van der Waals surface area contributed by atoms with Crippen LogP contribution in [0.5, 0.6) is 5.75 Å². The topological polar surface area (TPSA) is 86.0 Å². The van der Waals surface area contributed by atoms with Crippen LogP contribution in [-0.2, 0) is 0 Å². The van der Waals surface area contributed by atoms with Gasteiger partial charge in [-0.2, -0.15) is 0 Å². The van der Waals surface area contributed by atoms with Crippen molar-refractivity contribution in [2.24, 2.45) is 5.84 Å². The fraction of sp³-hybridized carbons (Fsp3) is 0.318. The molecule has 0 bridgehead atoms. The third kappa shape index (κ3) is 4.03. The van der Waals surface area contributed by atoms with Crippen LogP contribution >= 0.6 is 0 Å². The van der Waals surface area contributed by atoms with E-state index in [2.05, 4.69) is 10.4 Å². The Hall–Kier alpha value is -2.83. The first-order chi connectivity index (χ1) is 13.8. The van der Waals surface area contributed by atoms with E-state index in [0.717, 1.165) is 53.7 Å². The molecule has 2 aromatic heterocycles. The second kappa shape index (κ2) is 8.46. The highest BCUT2D eigenvalue weighted by Crippen LogP contribution is 2.36. The molecule has 0 atom stereocenters. The normalized spacial score (nSPS) is 19.9. The molecule has 1 saturated carbocycles. The second-order valence-electron chi connectivity index (χ2n) is 7.15. The maximum Gasteiger partial charge on any atom is 0.152 e. The van der Waals surface area contributed by atoms with Crippen molar-refractivity contribution in [3.8, 4) is 5.75 Å². The molecule has 1 aliphatic carbocycles. The molecule has 6 heteroatoms. The van der Waals surface area contributed by atoms with Crippen LogP contribution in [0.15, 0.2) is 42.6 Å². The number of benzene rings is 1. The van der Waals surface area contributed by atoms with Crippen LogP contribution in [0.2, 0.25) is 0 Å². The summed E-state index contributed by atoms with van der Waals surface area (Å²) in [7, 11) is 1.68. The molecule has 0 amide bonds. The van der Waals surface area contributed by atoms with Gasteiger partial charge in [0.05, 0.1) is 24.0 Å². The van der Waals surface area contributed by atoms with Crippen molar-refractivity contribution in [2.75, 3.05) is 7.11 Å². The zero-order valence-electron chi connectivity index (χ0n) is 16.0. The predicted molar refractivity (Wildman–Crippen MR) is 112 cm³/mol. The summed E-state index contributed by atoms with van der Waals surface area (Å²) in [6.07, 6.45) is 9.88. The number of fused-ring (bicyclic) bond motifs is 1. The maximum absolute atomic E-state index is 5.63. The van der Waals surface area contributed by atoms with Gasteiger partial charge in [-0.3, -0.25) is 16.3 Å². The Morgan fingerprint density at radius 3 is 2.64 bits per heavy atom. The third-order valence-corrected chi connectivity index (χ3v) is 5.39. The average molecular weight is 375 g/mol. The second-order valence-corrected chi connectivity index (χ2v) is 7.15. The fourth-order valence-electron chi connectivity index (χ4n) is 3.83. The number of pyridine rings is 1. The van der Waals surface area contributed by atoms with Crippen molar-refractivity contribution < 1.29 is 4.74 Å². The van der Waals surface area contributed by atoms with Crippen molar-refractivity contribution in [3.05, 3.63) is 59.8 Å². The minimum absolute atomic E-state index is 0.391. The summed E-state index contributed by atoms with van der Waals surface area (Å²) in [6.45, 7) is 0. The van der Waals surface area contributed by atoms with Crippen molar-refractivity contribution in [1.29, 1.82) is 0 Å². The smallest absolute Gasteiger partial charge is 0.152 e. The molecule has 1 fully saturated rings. The minimum Gasteiger partial charge on any atom is -0.497 e. The van der Waals surface area contributed by atoms with Gasteiger partial charge >= 0.3 is 0 Å². The number of hydrogen-bond acceptors (Lipinski definition) is 6. The van der Waals surface area contributed by atoms with Crippen LogP contribution in [0.1, 0.15) is 48.8 Å². The van der Waals surface area contributed by atoms with Crippen molar-refractivity contribution in [3.63, 3.8) is 0 Å². The SMILES string of the molecule is COc1ccc2nc(C=Cc3ccccn3)nc(C3CCC(NN)CC3)c2c1. The van der Waals surface area contributed by atoms with E-state index in [4.69, 9.17) is 20.5 Å². The Kier molecular flexibility index (Phi) is 5.60. The average Bonchev–Trinajstić information content (AvgIpc) is 2.77. The van der Waals surface area contributed by atoms with Crippen LogP contribution < -0.4 is 16.0 Å². The van der Waals surface area contributed by atoms with Gasteiger partial charge in [0.1, 0.15) is 5.75 Å². The molecule has 144 valence electrons. The molecule has 0 spiro atoms. The summed E-state index contributed by atoms with van der Waals surface area (Å²) in [5, 5.41) is 1.07. The van der Waals surface area contributed by atoms with E-state index in [1.54, 1.807) is 13.3 Å². The van der Waals surface area contributed by atoms with E-state index in [1.165, 1.54) is 0 Å². The molecule has 0 aliphatic heterocycles. The van der Waals surface area contributed by atoms with Gasteiger partial charge in [0.15, 0.2) is 5.82 Å². The molecule has 3 aromatic rings. The quantitative estimate of drug-likeness (QED) is 0.522. The maximum atomic E-state index is 5.63. The highest BCUT2D eigenvalue weighted by atomic mass is 16.5. The number of aromatic nitrogens is 3. The van der Waals surface area contributed by atoms with Crippen molar-refractivity contribution in [2.45, 2.75) is 37.6 Å². The van der Waals surface area contributed by atoms with Gasteiger partial charge in [0.2, 0.25) is 0 Å². The molecule has 1 aliphatic rings. The monoisotopic (exact) mass is 375 g/mol. The van der Waals surface area contributed by atoms with Crippen LogP contribution in [0, 0.1) is 0 Å². The van der Waals surface area contributed by atoms with E-state index in [1.807, 2.05) is 48.6 Å². The highest BCUT2D eigenvalue weighted by molar-refractivity contribution is 5.84. The molecule has 0 unspecified atom stereocenters. The molecule has 4 rings (SSSR count). The van der Waals surface area contributed by atoms with E-state index >= 15 is 0 Å². The van der Waals surface area contributed by atoms with Crippen LogP contribution in [-0.4, -0.2) is 28.1 Å². The fourth-order valence-corrected chi connectivity index (χ4v) is 3.83. The Morgan fingerprint density at radius 2 is 1.93 bits per heavy atom. The number of nitrogens with two attached hydrogens (primary N) is 1. The number of hydrogen-bond donors (Lipinski definition) is 2. The number of methoxy groups -OCH3 is 1. The summed E-state index contributed by atoms with van der Waals surface area (Å²) in [5.74, 6) is 7.55. The first-order valence-electron chi connectivity index (χ1n) is 9.68.